The standard InChI is InChI=1S/C16H20N4O2/c1-2-15-18-9-14(10-19-15)20-16(22)17-8-7-12-3-5-13(11-21)6-4-12/h3-6,9-10,21H,2,7-8,11H2,1H3,(H2,17,20,22). The van der Waals surface area contributed by atoms with Crippen LogP contribution in [0.2, 0.25) is 0 Å². The first-order chi connectivity index (χ1) is 10.7. The summed E-state index contributed by atoms with van der Waals surface area (Å²) >= 11 is 0. The summed E-state index contributed by atoms with van der Waals surface area (Å²) in [6, 6.07) is 7.37. The molecule has 0 aliphatic carbocycles. The third-order valence-electron chi connectivity index (χ3n) is 3.18. The Morgan fingerprint density at radius 1 is 1.14 bits per heavy atom. The molecule has 0 spiro atoms. The number of nitrogens with zero attached hydrogens (tertiary/aromatic N) is 2. The fraction of sp³-hybridized carbons (Fsp3) is 0.312. The topological polar surface area (TPSA) is 87.1 Å². The lowest BCUT2D eigenvalue weighted by Crippen LogP contribution is -2.30. The maximum atomic E-state index is 11.7. The van der Waals surface area contributed by atoms with E-state index in [4.69, 9.17) is 5.11 Å². The summed E-state index contributed by atoms with van der Waals surface area (Å²) in [6.07, 6.45) is 4.68. The molecular formula is C16H20N4O2. The minimum Gasteiger partial charge on any atom is -0.392 e. The normalized spacial score (nSPS) is 10.3. The van der Waals surface area contributed by atoms with Crippen molar-refractivity contribution in [1.82, 2.24) is 15.3 Å². The minimum absolute atomic E-state index is 0.0415. The fourth-order valence-electron chi connectivity index (χ4n) is 1.91. The fourth-order valence-corrected chi connectivity index (χ4v) is 1.91. The highest BCUT2D eigenvalue weighted by molar-refractivity contribution is 5.88. The van der Waals surface area contributed by atoms with Crippen LogP contribution in [0.3, 0.4) is 0 Å². The van der Waals surface area contributed by atoms with Gasteiger partial charge in [0, 0.05) is 13.0 Å². The molecule has 3 N–H and O–H groups in total. The third kappa shape index (κ3) is 4.82. The maximum Gasteiger partial charge on any atom is 0.319 e. The number of anilines is 1. The van der Waals surface area contributed by atoms with E-state index >= 15 is 0 Å². The van der Waals surface area contributed by atoms with Crippen LogP contribution in [0, 0.1) is 0 Å². The Kier molecular flexibility index (Phi) is 5.85. The van der Waals surface area contributed by atoms with E-state index in [1.165, 1.54) is 0 Å². The van der Waals surface area contributed by atoms with Gasteiger partial charge in [-0.3, -0.25) is 0 Å². The molecule has 0 saturated heterocycles. The van der Waals surface area contributed by atoms with Crippen LogP contribution in [-0.4, -0.2) is 27.7 Å². The van der Waals surface area contributed by atoms with E-state index in [1.807, 2.05) is 31.2 Å². The van der Waals surface area contributed by atoms with Gasteiger partial charge in [0.15, 0.2) is 0 Å². The third-order valence-corrected chi connectivity index (χ3v) is 3.18. The molecule has 6 heteroatoms. The van der Waals surface area contributed by atoms with E-state index < -0.39 is 0 Å². The van der Waals surface area contributed by atoms with Crippen molar-refractivity contribution in [2.24, 2.45) is 0 Å². The lowest BCUT2D eigenvalue weighted by molar-refractivity contribution is 0.252. The predicted octanol–water partition coefficient (Wildman–Crippen LogP) is 1.90. The molecular weight excluding hydrogens is 280 g/mol. The zero-order valence-electron chi connectivity index (χ0n) is 12.5. The Bertz CT molecular complexity index is 597. The van der Waals surface area contributed by atoms with E-state index in [-0.39, 0.29) is 12.6 Å². The number of urea groups is 1. The van der Waals surface area contributed by atoms with Crippen molar-refractivity contribution in [3.63, 3.8) is 0 Å². The number of carbonyl (C=O) groups is 1. The summed E-state index contributed by atoms with van der Waals surface area (Å²) in [6.45, 7) is 2.54. The molecule has 2 amide bonds. The second-order valence-corrected chi connectivity index (χ2v) is 4.85. The van der Waals surface area contributed by atoms with E-state index in [9.17, 15) is 4.79 Å². The highest BCUT2D eigenvalue weighted by Gasteiger charge is 2.02. The van der Waals surface area contributed by atoms with E-state index in [2.05, 4.69) is 20.6 Å². The molecule has 0 atom stereocenters. The number of benzene rings is 1. The Morgan fingerprint density at radius 3 is 2.36 bits per heavy atom. The Morgan fingerprint density at radius 2 is 1.77 bits per heavy atom. The summed E-state index contributed by atoms with van der Waals surface area (Å²) in [7, 11) is 0. The second-order valence-electron chi connectivity index (χ2n) is 4.85. The minimum atomic E-state index is -0.278. The molecule has 0 fully saturated rings. The second kappa shape index (κ2) is 8.09. The summed E-state index contributed by atoms with van der Waals surface area (Å²) in [5.74, 6) is 0.747. The summed E-state index contributed by atoms with van der Waals surface area (Å²) in [4.78, 5) is 20.0. The van der Waals surface area contributed by atoms with Crippen molar-refractivity contribution < 1.29 is 9.90 Å². The molecule has 116 valence electrons. The smallest absolute Gasteiger partial charge is 0.319 e. The summed E-state index contributed by atoms with van der Waals surface area (Å²) < 4.78 is 0. The van der Waals surface area contributed by atoms with Crippen LogP contribution in [0.15, 0.2) is 36.7 Å². The van der Waals surface area contributed by atoms with Crippen molar-refractivity contribution in [3.05, 3.63) is 53.6 Å². The molecule has 2 rings (SSSR count). The molecule has 0 unspecified atom stereocenters. The zero-order valence-corrected chi connectivity index (χ0v) is 12.5. The Hall–Kier alpha value is -2.47. The predicted molar refractivity (Wildman–Crippen MR) is 84.5 cm³/mol. The molecule has 2 aromatic rings. The number of carbonyl (C=O) groups excluding carboxylic acids is 1. The maximum absolute atomic E-state index is 11.7. The largest absolute Gasteiger partial charge is 0.392 e. The van der Waals surface area contributed by atoms with Gasteiger partial charge in [0.1, 0.15) is 5.82 Å². The molecule has 1 heterocycles. The van der Waals surface area contributed by atoms with Gasteiger partial charge in [-0.05, 0) is 17.5 Å². The van der Waals surface area contributed by atoms with Gasteiger partial charge < -0.3 is 15.7 Å². The Balaban J connectivity index is 1.74. The SMILES string of the molecule is CCc1ncc(NC(=O)NCCc2ccc(CO)cc2)cn1. The number of rotatable bonds is 6. The number of aryl methyl sites for hydroxylation is 1. The van der Waals surface area contributed by atoms with Gasteiger partial charge in [0.25, 0.3) is 0 Å². The van der Waals surface area contributed by atoms with Crippen LogP contribution in [0.5, 0.6) is 0 Å². The highest BCUT2D eigenvalue weighted by atomic mass is 16.3. The van der Waals surface area contributed by atoms with Crippen LogP contribution >= 0.6 is 0 Å². The molecule has 0 aliphatic rings. The number of amides is 2. The number of hydrogen-bond acceptors (Lipinski definition) is 4. The van der Waals surface area contributed by atoms with Crippen LogP contribution < -0.4 is 10.6 Å². The van der Waals surface area contributed by atoms with Crippen molar-refractivity contribution in [3.8, 4) is 0 Å². The van der Waals surface area contributed by atoms with Crippen LogP contribution in [0.1, 0.15) is 23.9 Å². The molecule has 22 heavy (non-hydrogen) atoms. The van der Waals surface area contributed by atoms with Gasteiger partial charge >= 0.3 is 6.03 Å². The zero-order chi connectivity index (χ0) is 15.8. The average Bonchev–Trinajstić information content (AvgIpc) is 2.56. The van der Waals surface area contributed by atoms with Crippen molar-refractivity contribution in [2.45, 2.75) is 26.4 Å². The van der Waals surface area contributed by atoms with Gasteiger partial charge in [0.2, 0.25) is 0 Å². The quantitative estimate of drug-likeness (QED) is 0.760. The van der Waals surface area contributed by atoms with Gasteiger partial charge in [-0.25, -0.2) is 14.8 Å². The highest BCUT2D eigenvalue weighted by Crippen LogP contribution is 2.05. The monoisotopic (exact) mass is 300 g/mol. The molecule has 0 bridgehead atoms. The van der Waals surface area contributed by atoms with Crippen LogP contribution in [0.4, 0.5) is 10.5 Å². The molecule has 0 radical (unpaired) electrons. The molecule has 1 aromatic heterocycles. The van der Waals surface area contributed by atoms with E-state index in [1.54, 1.807) is 12.4 Å². The summed E-state index contributed by atoms with van der Waals surface area (Å²) in [5, 5.41) is 14.4. The molecule has 0 saturated carbocycles. The van der Waals surface area contributed by atoms with Crippen LogP contribution in [-0.2, 0) is 19.4 Å². The lowest BCUT2D eigenvalue weighted by Gasteiger charge is -2.08. The first kappa shape index (κ1) is 15.9. The number of aliphatic hydroxyl groups is 1. The average molecular weight is 300 g/mol. The van der Waals surface area contributed by atoms with Gasteiger partial charge in [-0.2, -0.15) is 0 Å². The Labute approximate surface area is 129 Å². The van der Waals surface area contributed by atoms with E-state index in [0.717, 1.165) is 29.8 Å². The van der Waals surface area contributed by atoms with Crippen molar-refractivity contribution >= 4 is 11.7 Å². The number of hydrogen-bond donors (Lipinski definition) is 3. The van der Waals surface area contributed by atoms with Crippen molar-refractivity contribution in [2.75, 3.05) is 11.9 Å². The number of aromatic nitrogens is 2. The summed E-state index contributed by atoms with van der Waals surface area (Å²) in [5.41, 5.74) is 2.56. The van der Waals surface area contributed by atoms with E-state index in [0.29, 0.717) is 12.2 Å². The number of aliphatic hydroxyl groups excluding tert-OH is 1. The first-order valence-corrected chi connectivity index (χ1v) is 7.25. The van der Waals surface area contributed by atoms with Gasteiger partial charge in [0.05, 0.1) is 24.7 Å². The molecule has 6 nitrogen and oxygen atoms in total. The van der Waals surface area contributed by atoms with Gasteiger partial charge in [-0.1, -0.05) is 31.2 Å². The lowest BCUT2D eigenvalue weighted by atomic mass is 10.1. The molecule has 1 aromatic carbocycles. The number of nitrogens with one attached hydrogen (secondary N) is 2. The van der Waals surface area contributed by atoms with Gasteiger partial charge in [-0.15, -0.1) is 0 Å². The molecule has 0 aliphatic heterocycles. The van der Waals surface area contributed by atoms with Crippen molar-refractivity contribution in [1.29, 1.82) is 0 Å². The van der Waals surface area contributed by atoms with Crippen LogP contribution in [0.25, 0.3) is 0 Å². The first-order valence-electron chi connectivity index (χ1n) is 7.25.